The Bertz CT molecular complexity index is 558. The highest BCUT2D eigenvalue weighted by Crippen LogP contribution is 2.08. The third kappa shape index (κ3) is 5.30. The van der Waals surface area contributed by atoms with Crippen LogP contribution in [-0.2, 0) is 22.5 Å². The third-order valence-electron chi connectivity index (χ3n) is 3.48. The Hall–Kier alpha value is -2.20. The summed E-state index contributed by atoms with van der Waals surface area (Å²) in [5.41, 5.74) is 2.22. The summed E-state index contributed by atoms with van der Waals surface area (Å²) < 4.78 is 5.12. The molecule has 1 heterocycles. The Kier molecular flexibility index (Phi) is 6.58. The maximum absolute atomic E-state index is 12.5. The minimum absolute atomic E-state index is 0.143. The number of aromatic nitrogens is 1. The summed E-state index contributed by atoms with van der Waals surface area (Å²) in [6.45, 7) is 1.78. The lowest BCUT2D eigenvalue weighted by molar-refractivity contribution is -0.132. The number of hydrogen-bond donors (Lipinski definition) is 0. The van der Waals surface area contributed by atoms with Gasteiger partial charge in [0.15, 0.2) is 0 Å². The Morgan fingerprint density at radius 2 is 1.91 bits per heavy atom. The van der Waals surface area contributed by atoms with Gasteiger partial charge in [0.1, 0.15) is 0 Å². The molecule has 116 valence electrons. The van der Waals surface area contributed by atoms with Crippen molar-refractivity contribution >= 4 is 5.91 Å². The highest BCUT2D eigenvalue weighted by molar-refractivity contribution is 5.76. The van der Waals surface area contributed by atoms with Crippen molar-refractivity contribution in [2.75, 3.05) is 20.3 Å². The second-order valence-electron chi connectivity index (χ2n) is 5.15. The molecule has 0 unspecified atom stereocenters. The van der Waals surface area contributed by atoms with Gasteiger partial charge in [-0.3, -0.25) is 9.78 Å². The summed E-state index contributed by atoms with van der Waals surface area (Å²) in [5.74, 6) is 0.143. The monoisotopic (exact) mass is 298 g/mol. The van der Waals surface area contributed by atoms with Crippen LogP contribution >= 0.6 is 0 Å². The highest BCUT2D eigenvalue weighted by Gasteiger charge is 2.13. The SMILES string of the molecule is COCCN(Cc1ccccc1)C(=O)CCc1cccnc1. The molecule has 0 fully saturated rings. The first-order valence-electron chi connectivity index (χ1n) is 7.49. The summed E-state index contributed by atoms with van der Waals surface area (Å²) in [6, 6.07) is 13.9. The van der Waals surface area contributed by atoms with E-state index in [0.29, 0.717) is 32.5 Å². The number of methoxy groups -OCH3 is 1. The molecule has 0 N–H and O–H groups in total. The molecule has 4 nitrogen and oxygen atoms in total. The molecule has 2 aromatic rings. The van der Waals surface area contributed by atoms with Gasteiger partial charge in [0.25, 0.3) is 0 Å². The van der Waals surface area contributed by atoms with Crippen LogP contribution in [0.15, 0.2) is 54.9 Å². The topological polar surface area (TPSA) is 42.4 Å². The number of rotatable bonds is 8. The zero-order valence-electron chi connectivity index (χ0n) is 12.9. The van der Waals surface area contributed by atoms with Crippen molar-refractivity contribution in [3.05, 3.63) is 66.0 Å². The number of carbonyl (C=O) groups excluding carboxylic acids is 1. The van der Waals surface area contributed by atoms with Crippen molar-refractivity contribution in [3.8, 4) is 0 Å². The molecule has 0 atom stereocenters. The molecule has 1 amide bonds. The minimum atomic E-state index is 0.143. The van der Waals surface area contributed by atoms with Gasteiger partial charge in [-0.05, 0) is 23.6 Å². The van der Waals surface area contributed by atoms with E-state index in [4.69, 9.17) is 4.74 Å². The van der Waals surface area contributed by atoms with Crippen LogP contribution in [0.2, 0.25) is 0 Å². The minimum Gasteiger partial charge on any atom is -0.383 e. The molecule has 0 saturated carbocycles. The Labute approximate surface area is 131 Å². The molecule has 1 aromatic carbocycles. The summed E-state index contributed by atoms with van der Waals surface area (Å²) in [5, 5.41) is 0. The number of amides is 1. The van der Waals surface area contributed by atoms with Crippen LogP contribution in [0.4, 0.5) is 0 Å². The lowest BCUT2D eigenvalue weighted by atomic mass is 10.1. The zero-order chi connectivity index (χ0) is 15.6. The second-order valence-corrected chi connectivity index (χ2v) is 5.15. The number of benzene rings is 1. The summed E-state index contributed by atoms with van der Waals surface area (Å²) in [4.78, 5) is 18.4. The van der Waals surface area contributed by atoms with Gasteiger partial charge in [-0.15, -0.1) is 0 Å². The number of pyridine rings is 1. The molecule has 0 aliphatic heterocycles. The van der Waals surface area contributed by atoms with Gasteiger partial charge < -0.3 is 9.64 Å². The number of ether oxygens (including phenoxy) is 1. The van der Waals surface area contributed by atoms with Crippen molar-refractivity contribution in [3.63, 3.8) is 0 Å². The molecule has 0 bridgehead atoms. The first kappa shape index (κ1) is 16.2. The van der Waals surface area contributed by atoms with Crippen LogP contribution < -0.4 is 0 Å². The van der Waals surface area contributed by atoms with Crippen molar-refractivity contribution in [2.24, 2.45) is 0 Å². The maximum Gasteiger partial charge on any atom is 0.223 e. The smallest absolute Gasteiger partial charge is 0.223 e. The van der Waals surface area contributed by atoms with Gasteiger partial charge in [-0.2, -0.15) is 0 Å². The van der Waals surface area contributed by atoms with E-state index in [1.807, 2.05) is 53.6 Å². The van der Waals surface area contributed by atoms with Crippen LogP contribution in [0.25, 0.3) is 0 Å². The molecule has 0 aliphatic carbocycles. The van der Waals surface area contributed by atoms with Gasteiger partial charge in [-0.25, -0.2) is 0 Å². The average Bonchev–Trinajstić information content (AvgIpc) is 2.58. The Morgan fingerprint density at radius 1 is 1.14 bits per heavy atom. The van der Waals surface area contributed by atoms with Gasteiger partial charge in [-0.1, -0.05) is 36.4 Å². The molecule has 2 rings (SSSR count). The fraction of sp³-hybridized carbons (Fsp3) is 0.333. The lowest BCUT2D eigenvalue weighted by Crippen LogP contribution is -2.33. The molecule has 0 spiro atoms. The molecule has 4 heteroatoms. The molecular weight excluding hydrogens is 276 g/mol. The lowest BCUT2D eigenvalue weighted by Gasteiger charge is -2.22. The summed E-state index contributed by atoms with van der Waals surface area (Å²) >= 11 is 0. The van der Waals surface area contributed by atoms with E-state index in [1.165, 1.54) is 0 Å². The van der Waals surface area contributed by atoms with E-state index in [1.54, 1.807) is 13.3 Å². The van der Waals surface area contributed by atoms with E-state index >= 15 is 0 Å². The standard InChI is InChI=1S/C18H22N2O2/c1-22-13-12-20(15-17-6-3-2-4-7-17)18(21)10-9-16-8-5-11-19-14-16/h2-8,11,14H,9-10,12-13,15H2,1H3. The Morgan fingerprint density at radius 3 is 2.59 bits per heavy atom. The first-order chi connectivity index (χ1) is 10.8. The van der Waals surface area contributed by atoms with Crippen LogP contribution in [0.5, 0.6) is 0 Å². The van der Waals surface area contributed by atoms with Crippen LogP contribution in [0.3, 0.4) is 0 Å². The number of aryl methyl sites for hydroxylation is 1. The third-order valence-corrected chi connectivity index (χ3v) is 3.48. The number of nitrogens with zero attached hydrogens (tertiary/aromatic N) is 2. The van der Waals surface area contributed by atoms with Crippen molar-refractivity contribution in [2.45, 2.75) is 19.4 Å². The molecular formula is C18H22N2O2. The van der Waals surface area contributed by atoms with Gasteiger partial charge >= 0.3 is 0 Å². The largest absolute Gasteiger partial charge is 0.383 e. The predicted octanol–water partition coefficient (Wildman–Crippen LogP) is 2.69. The van der Waals surface area contributed by atoms with Crippen LogP contribution in [0, 0.1) is 0 Å². The first-order valence-corrected chi connectivity index (χ1v) is 7.49. The zero-order valence-corrected chi connectivity index (χ0v) is 12.9. The normalized spacial score (nSPS) is 10.4. The quantitative estimate of drug-likeness (QED) is 0.752. The summed E-state index contributed by atoms with van der Waals surface area (Å²) in [6.07, 6.45) is 4.75. The second kappa shape index (κ2) is 8.95. The molecule has 0 saturated heterocycles. The average molecular weight is 298 g/mol. The molecule has 22 heavy (non-hydrogen) atoms. The van der Waals surface area contributed by atoms with E-state index in [2.05, 4.69) is 4.98 Å². The van der Waals surface area contributed by atoms with Crippen LogP contribution in [0.1, 0.15) is 17.5 Å². The van der Waals surface area contributed by atoms with Crippen molar-refractivity contribution < 1.29 is 9.53 Å². The fourth-order valence-electron chi connectivity index (χ4n) is 2.25. The van der Waals surface area contributed by atoms with Gasteiger partial charge in [0, 0.05) is 39.0 Å². The Balaban J connectivity index is 1.93. The predicted molar refractivity (Wildman–Crippen MR) is 86.3 cm³/mol. The summed E-state index contributed by atoms with van der Waals surface area (Å²) in [7, 11) is 1.65. The number of hydrogen-bond acceptors (Lipinski definition) is 3. The van der Waals surface area contributed by atoms with Crippen molar-refractivity contribution in [1.29, 1.82) is 0 Å². The molecule has 1 aromatic heterocycles. The molecule has 0 radical (unpaired) electrons. The number of carbonyl (C=O) groups is 1. The van der Waals surface area contributed by atoms with Crippen molar-refractivity contribution in [1.82, 2.24) is 9.88 Å². The van der Waals surface area contributed by atoms with Crippen LogP contribution in [-0.4, -0.2) is 36.1 Å². The van der Waals surface area contributed by atoms with E-state index < -0.39 is 0 Å². The fourth-order valence-corrected chi connectivity index (χ4v) is 2.25. The highest BCUT2D eigenvalue weighted by atomic mass is 16.5. The van der Waals surface area contributed by atoms with E-state index in [-0.39, 0.29) is 5.91 Å². The van der Waals surface area contributed by atoms with Gasteiger partial charge in [0.2, 0.25) is 5.91 Å². The maximum atomic E-state index is 12.5. The molecule has 0 aliphatic rings. The van der Waals surface area contributed by atoms with Gasteiger partial charge in [0.05, 0.1) is 6.61 Å². The van der Waals surface area contributed by atoms with E-state index in [0.717, 1.165) is 11.1 Å². The van der Waals surface area contributed by atoms with E-state index in [9.17, 15) is 4.79 Å².